The molecule has 0 amide bonds. The maximum Gasteiger partial charge on any atom is 0.333 e. The van der Waals surface area contributed by atoms with Gasteiger partial charge in [-0.15, -0.1) is 0 Å². The average Bonchev–Trinajstić information content (AvgIpc) is 2.31. The second-order valence-corrected chi connectivity index (χ2v) is 3.25. The van der Waals surface area contributed by atoms with Gasteiger partial charge in [0.1, 0.15) is 5.75 Å². The lowest BCUT2D eigenvalue weighted by molar-refractivity contribution is -0.137. The summed E-state index contributed by atoms with van der Waals surface area (Å²) in [6.45, 7) is 2.51. The van der Waals surface area contributed by atoms with Crippen molar-refractivity contribution < 1.29 is 14.3 Å². The summed E-state index contributed by atoms with van der Waals surface area (Å²) in [4.78, 5) is 11.1. The van der Waals surface area contributed by atoms with Gasteiger partial charge >= 0.3 is 5.97 Å². The molecule has 0 heterocycles. The zero-order valence-electron chi connectivity index (χ0n) is 9.39. The molecule has 0 aliphatic rings. The molecule has 1 aromatic rings. The van der Waals surface area contributed by atoms with Gasteiger partial charge in [-0.1, -0.05) is 31.5 Å². The Hall–Kier alpha value is -1.77. The summed E-state index contributed by atoms with van der Waals surface area (Å²) in [7, 11) is 0. The van der Waals surface area contributed by atoms with Gasteiger partial charge in [0.05, 0.1) is 18.9 Å². The van der Waals surface area contributed by atoms with Crippen LogP contribution in [0.25, 0.3) is 0 Å². The van der Waals surface area contributed by atoms with Crippen LogP contribution in [0.4, 0.5) is 0 Å². The van der Waals surface area contributed by atoms with Crippen LogP contribution in [0.3, 0.4) is 0 Å². The zero-order chi connectivity index (χ0) is 11.6. The Balaban J connectivity index is 2.24. The highest BCUT2D eigenvalue weighted by molar-refractivity contribution is 5.81. The van der Waals surface area contributed by atoms with Crippen LogP contribution in [0.5, 0.6) is 5.75 Å². The molecule has 0 aliphatic carbocycles. The van der Waals surface area contributed by atoms with E-state index in [9.17, 15) is 4.79 Å². The Morgan fingerprint density at radius 1 is 1.31 bits per heavy atom. The van der Waals surface area contributed by atoms with Gasteiger partial charge in [-0.3, -0.25) is 0 Å². The molecule has 0 atom stereocenters. The summed E-state index contributed by atoms with van der Waals surface area (Å²) in [5, 5.41) is 0. The number of rotatable bonds is 6. The smallest absolute Gasteiger partial charge is 0.333 e. The summed E-state index contributed by atoms with van der Waals surface area (Å²) in [6.07, 6.45) is 4.52. The number of unbranched alkanes of at least 4 members (excludes halogenated alkanes) is 1. The zero-order valence-corrected chi connectivity index (χ0v) is 9.39. The molecule has 0 spiro atoms. The van der Waals surface area contributed by atoms with Crippen molar-refractivity contribution in [2.45, 2.75) is 19.8 Å². The molecule has 1 aromatic carbocycles. The van der Waals surface area contributed by atoms with Gasteiger partial charge in [0.15, 0.2) is 0 Å². The molecule has 0 aromatic heterocycles. The van der Waals surface area contributed by atoms with Crippen LogP contribution in [0, 0.1) is 0 Å². The lowest BCUT2D eigenvalue weighted by Gasteiger charge is -2.00. The topological polar surface area (TPSA) is 35.5 Å². The summed E-state index contributed by atoms with van der Waals surface area (Å²) in [6, 6.07) is 9.25. The van der Waals surface area contributed by atoms with Gasteiger partial charge < -0.3 is 9.47 Å². The van der Waals surface area contributed by atoms with E-state index in [1.807, 2.05) is 37.3 Å². The highest BCUT2D eigenvalue weighted by Crippen LogP contribution is 2.08. The van der Waals surface area contributed by atoms with E-state index in [1.165, 1.54) is 12.3 Å². The fourth-order valence-electron chi connectivity index (χ4n) is 1.03. The quantitative estimate of drug-likeness (QED) is 0.320. The second-order valence-electron chi connectivity index (χ2n) is 3.25. The number of carbonyl (C=O) groups excluding carboxylic acids is 1. The summed E-state index contributed by atoms with van der Waals surface area (Å²) in [5.41, 5.74) is 0. The van der Waals surface area contributed by atoms with E-state index in [1.54, 1.807) is 0 Å². The number of para-hydroxylation sites is 1. The van der Waals surface area contributed by atoms with Crippen LogP contribution < -0.4 is 4.74 Å². The van der Waals surface area contributed by atoms with Crippen molar-refractivity contribution in [3.05, 3.63) is 42.7 Å². The summed E-state index contributed by atoms with van der Waals surface area (Å²) < 4.78 is 10.1. The third-order valence-corrected chi connectivity index (χ3v) is 1.89. The van der Waals surface area contributed by atoms with Crippen molar-refractivity contribution in [2.24, 2.45) is 0 Å². The lowest BCUT2D eigenvalue weighted by atomic mass is 10.3. The number of esters is 1. The van der Waals surface area contributed by atoms with Gasteiger partial charge in [-0.25, -0.2) is 4.79 Å². The molecular formula is C13H16O3. The first kappa shape index (κ1) is 12.3. The van der Waals surface area contributed by atoms with Gasteiger partial charge in [0.25, 0.3) is 0 Å². The number of hydrogen-bond donors (Lipinski definition) is 0. The predicted molar refractivity (Wildman–Crippen MR) is 62.1 cm³/mol. The SMILES string of the molecule is CCCCOC(=O)C=COc1ccccc1. The van der Waals surface area contributed by atoms with Crippen LogP contribution in [0.1, 0.15) is 19.8 Å². The van der Waals surface area contributed by atoms with Gasteiger partial charge in [0.2, 0.25) is 0 Å². The van der Waals surface area contributed by atoms with E-state index >= 15 is 0 Å². The molecular weight excluding hydrogens is 204 g/mol. The molecule has 0 aliphatic heterocycles. The molecule has 86 valence electrons. The van der Waals surface area contributed by atoms with Crippen molar-refractivity contribution in [3.8, 4) is 5.75 Å². The number of hydrogen-bond acceptors (Lipinski definition) is 3. The fraction of sp³-hybridized carbons (Fsp3) is 0.308. The Morgan fingerprint density at radius 2 is 2.06 bits per heavy atom. The first-order valence-electron chi connectivity index (χ1n) is 5.38. The highest BCUT2D eigenvalue weighted by Gasteiger charge is 1.95. The van der Waals surface area contributed by atoms with Gasteiger partial charge in [-0.05, 0) is 18.6 Å². The first-order chi connectivity index (χ1) is 7.83. The van der Waals surface area contributed by atoms with Crippen LogP contribution in [0.15, 0.2) is 42.7 Å². The minimum Gasteiger partial charge on any atom is -0.465 e. The number of benzene rings is 1. The lowest BCUT2D eigenvalue weighted by Crippen LogP contribution is -2.02. The molecule has 0 saturated carbocycles. The largest absolute Gasteiger partial charge is 0.465 e. The van der Waals surface area contributed by atoms with Crippen molar-refractivity contribution in [1.82, 2.24) is 0 Å². The minimum atomic E-state index is -0.371. The Labute approximate surface area is 95.7 Å². The minimum absolute atomic E-state index is 0.371. The van der Waals surface area contributed by atoms with Crippen molar-refractivity contribution in [3.63, 3.8) is 0 Å². The summed E-state index contributed by atoms with van der Waals surface area (Å²) in [5.74, 6) is 0.324. The Bertz CT molecular complexity index is 330. The van der Waals surface area contributed by atoms with Gasteiger partial charge in [-0.2, -0.15) is 0 Å². The number of carbonyl (C=O) groups is 1. The molecule has 3 nitrogen and oxygen atoms in total. The Kier molecular flexibility index (Phi) is 5.78. The van der Waals surface area contributed by atoms with E-state index < -0.39 is 0 Å². The predicted octanol–water partition coefficient (Wildman–Crippen LogP) is 2.92. The molecule has 0 fully saturated rings. The molecule has 0 unspecified atom stereocenters. The van der Waals surface area contributed by atoms with Crippen LogP contribution in [0.2, 0.25) is 0 Å². The third kappa shape index (κ3) is 5.20. The van der Waals surface area contributed by atoms with Crippen LogP contribution in [-0.2, 0) is 9.53 Å². The third-order valence-electron chi connectivity index (χ3n) is 1.89. The van der Waals surface area contributed by atoms with Crippen molar-refractivity contribution in [1.29, 1.82) is 0 Å². The van der Waals surface area contributed by atoms with E-state index in [2.05, 4.69) is 0 Å². The molecule has 1 rings (SSSR count). The van der Waals surface area contributed by atoms with Crippen LogP contribution >= 0.6 is 0 Å². The molecule has 3 heteroatoms. The van der Waals surface area contributed by atoms with Crippen molar-refractivity contribution >= 4 is 5.97 Å². The van der Waals surface area contributed by atoms with Gasteiger partial charge in [0, 0.05) is 0 Å². The number of ether oxygens (including phenoxy) is 2. The van der Waals surface area contributed by atoms with E-state index in [0.717, 1.165) is 12.8 Å². The second kappa shape index (κ2) is 7.51. The fourth-order valence-corrected chi connectivity index (χ4v) is 1.03. The standard InChI is InChI=1S/C13H16O3/c1-2-3-10-16-13(14)9-11-15-12-7-5-4-6-8-12/h4-9,11H,2-3,10H2,1H3. The monoisotopic (exact) mass is 220 g/mol. The van der Waals surface area contributed by atoms with E-state index in [0.29, 0.717) is 12.4 Å². The maximum atomic E-state index is 11.1. The van der Waals surface area contributed by atoms with Crippen LogP contribution in [-0.4, -0.2) is 12.6 Å². The van der Waals surface area contributed by atoms with E-state index in [-0.39, 0.29) is 5.97 Å². The molecule has 0 bridgehead atoms. The van der Waals surface area contributed by atoms with E-state index in [4.69, 9.17) is 9.47 Å². The Morgan fingerprint density at radius 3 is 2.75 bits per heavy atom. The molecule has 16 heavy (non-hydrogen) atoms. The first-order valence-corrected chi connectivity index (χ1v) is 5.38. The average molecular weight is 220 g/mol. The molecule has 0 saturated heterocycles. The van der Waals surface area contributed by atoms with Crippen molar-refractivity contribution in [2.75, 3.05) is 6.61 Å². The summed E-state index contributed by atoms with van der Waals surface area (Å²) >= 11 is 0. The molecule has 0 N–H and O–H groups in total. The normalized spacial score (nSPS) is 10.3. The molecule has 0 radical (unpaired) electrons. The highest BCUT2D eigenvalue weighted by atomic mass is 16.5. The maximum absolute atomic E-state index is 11.1.